The number of pyridine rings is 1. The highest BCUT2D eigenvalue weighted by atomic mass is 32.1. The molecule has 0 saturated carbocycles. The number of likely N-dealkylation sites (tertiary alicyclic amines) is 1. The number of nitrogen functional groups attached to an aromatic ring is 1. The molecule has 100 valence electrons. The van der Waals surface area contributed by atoms with E-state index in [1.165, 1.54) is 17.8 Å². The van der Waals surface area contributed by atoms with Crippen LogP contribution in [0.3, 0.4) is 0 Å². The lowest BCUT2D eigenvalue weighted by Gasteiger charge is -2.33. The van der Waals surface area contributed by atoms with Crippen LogP contribution in [0.5, 0.6) is 0 Å². The molecule has 1 saturated heterocycles. The number of hydrogen-bond donors (Lipinski definition) is 1. The van der Waals surface area contributed by atoms with Crippen LogP contribution in [0.15, 0.2) is 18.5 Å². The summed E-state index contributed by atoms with van der Waals surface area (Å²) >= 11 is 1.45. The SMILES string of the molecule is CC1CCCCN1C(=O)c1sc2cnccc2c1N. The van der Waals surface area contributed by atoms with Gasteiger partial charge in [-0.25, -0.2) is 0 Å². The predicted octanol–water partition coefficient (Wildman–Crippen LogP) is 2.89. The van der Waals surface area contributed by atoms with E-state index >= 15 is 0 Å². The zero-order valence-corrected chi connectivity index (χ0v) is 11.7. The first-order valence-corrected chi connectivity index (χ1v) is 7.43. The van der Waals surface area contributed by atoms with Crippen LogP contribution in [0.4, 0.5) is 5.69 Å². The molecule has 4 nitrogen and oxygen atoms in total. The second-order valence-corrected chi connectivity index (χ2v) is 6.11. The van der Waals surface area contributed by atoms with Crippen LogP contribution in [-0.4, -0.2) is 28.4 Å². The molecule has 1 amide bonds. The van der Waals surface area contributed by atoms with Gasteiger partial charge in [0.15, 0.2) is 0 Å². The average Bonchev–Trinajstić information content (AvgIpc) is 2.77. The smallest absolute Gasteiger partial charge is 0.266 e. The van der Waals surface area contributed by atoms with Crippen LogP contribution in [-0.2, 0) is 0 Å². The normalized spacial score (nSPS) is 19.8. The Kier molecular flexibility index (Phi) is 3.14. The van der Waals surface area contributed by atoms with Gasteiger partial charge in [0.05, 0.1) is 10.4 Å². The van der Waals surface area contributed by atoms with E-state index in [4.69, 9.17) is 5.73 Å². The lowest BCUT2D eigenvalue weighted by Crippen LogP contribution is -2.41. The average molecular weight is 275 g/mol. The Morgan fingerprint density at radius 2 is 2.37 bits per heavy atom. The topological polar surface area (TPSA) is 59.2 Å². The van der Waals surface area contributed by atoms with Crippen molar-refractivity contribution in [3.8, 4) is 0 Å². The van der Waals surface area contributed by atoms with Gasteiger partial charge >= 0.3 is 0 Å². The summed E-state index contributed by atoms with van der Waals surface area (Å²) < 4.78 is 0.980. The number of hydrogen-bond acceptors (Lipinski definition) is 4. The summed E-state index contributed by atoms with van der Waals surface area (Å²) in [6.45, 7) is 2.95. The van der Waals surface area contributed by atoms with E-state index in [-0.39, 0.29) is 5.91 Å². The van der Waals surface area contributed by atoms with E-state index in [0.29, 0.717) is 16.6 Å². The van der Waals surface area contributed by atoms with Crippen LogP contribution < -0.4 is 5.73 Å². The Balaban J connectivity index is 1.99. The minimum absolute atomic E-state index is 0.0749. The van der Waals surface area contributed by atoms with Gasteiger partial charge in [0, 0.05) is 30.4 Å². The summed E-state index contributed by atoms with van der Waals surface area (Å²) in [6, 6.07) is 2.18. The first-order valence-electron chi connectivity index (χ1n) is 6.61. The van der Waals surface area contributed by atoms with Crippen LogP contribution in [0.1, 0.15) is 35.9 Å². The lowest BCUT2D eigenvalue weighted by molar-refractivity contribution is 0.0642. The number of rotatable bonds is 1. The van der Waals surface area contributed by atoms with Gasteiger partial charge in [-0.3, -0.25) is 9.78 Å². The fraction of sp³-hybridized carbons (Fsp3) is 0.429. The number of carbonyl (C=O) groups is 1. The summed E-state index contributed by atoms with van der Waals surface area (Å²) in [6.07, 6.45) is 6.85. The minimum atomic E-state index is 0.0749. The number of fused-ring (bicyclic) bond motifs is 1. The predicted molar refractivity (Wildman–Crippen MR) is 78.4 cm³/mol. The van der Waals surface area contributed by atoms with Gasteiger partial charge in [0.25, 0.3) is 5.91 Å². The van der Waals surface area contributed by atoms with Crippen LogP contribution in [0, 0.1) is 0 Å². The van der Waals surface area contributed by atoms with Crippen LogP contribution >= 0.6 is 11.3 Å². The van der Waals surface area contributed by atoms with Crippen molar-refractivity contribution < 1.29 is 4.79 Å². The maximum Gasteiger partial charge on any atom is 0.266 e. The van der Waals surface area contributed by atoms with Crippen LogP contribution in [0.2, 0.25) is 0 Å². The largest absolute Gasteiger partial charge is 0.397 e. The summed E-state index contributed by atoms with van der Waals surface area (Å²) in [5.41, 5.74) is 6.73. The standard InChI is InChI=1S/C14H17N3OS/c1-9-4-2-3-7-17(9)14(18)13-12(15)10-5-6-16-8-11(10)19-13/h5-6,8-9H,2-4,7,15H2,1H3. The highest BCUT2D eigenvalue weighted by molar-refractivity contribution is 7.21. The van der Waals surface area contributed by atoms with Gasteiger partial charge in [-0.15, -0.1) is 11.3 Å². The molecule has 1 unspecified atom stereocenters. The molecular weight excluding hydrogens is 258 g/mol. The first kappa shape index (κ1) is 12.4. The van der Waals surface area contributed by atoms with Crippen molar-refractivity contribution in [3.05, 3.63) is 23.3 Å². The maximum atomic E-state index is 12.6. The zero-order chi connectivity index (χ0) is 13.4. The van der Waals surface area contributed by atoms with E-state index in [1.54, 1.807) is 12.4 Å². The number of piperidine rings is 1. The molecule has 3 rings (SSSR count). The number of nitrogens with two attached hydrogens (primary N) is 1. The highest BCUT2D eigenvalue weighted by Crippen LogP contribution is 2.34. The Labute approximate surface area is 116 Å². The molecule has 0 spiro atoms. The Morgan fingerprint density at radius 1 is 1.53 bits per heavy atom. The number of carbonyl (C=O) groups excluding carboxylic acids is 1. The number of nitrogens with zero attached hydrogens (tertiary/aromatic N) is 2. The molecule has 2 aromatic heterocycles. The molecule has 1 aliphatic heterocycles. The second-order valence-electron chi connectivity index (χ2n) is 5.06. The van der Waals surface area contributed by atoms with Gasteiger partial charge in [-0.2, -0.15) is 0 Å². The van der Waals surface area contributed by atoms with E-state index in [0.717, 1.165) is 29.5 Å². The molecule has 0 aromatic carbocycles. The van der Waals surface area contributed by atoms with Gasteiger partial charge in [0.2, 0.25) is 0 Å². The zero-order valence-electron chi connectivity index (χ0n) is 10.9. The third-order valence-corrected chi connectivity index (χ3v) is 4.93. The summed E-state index contributed by atoms with van der Waals surface area (Å²) in [7, 11) is 0. The summed E-state index contributed by atoms with van der Waals surface area (Å²) in [4.78, 5) is 19.3. The monoisotopic (exact) mass is 275 g/mol. The molecule has 19 heavy (non-hydrogen) atoms. The molecule has 2 N–H and O–H groups in total. The van der Waals surface area contributed by atoms with Crippen molar-refractivity contribution in [2.75, 3.05) is 12.3 Å². The number of thiophene rings is 1. The Hall–Kier alpha value is -1.62. The molecule has 0 bridgehead atoms. The van der Waals surface area contributed by atoms with Crippen molar-refractivity contribution in [3.63, 3.8) is 0 Å². The molecular formula is C14H17N3OS. The minimum Gasteiger partial charge on any atom is -0.397 e. The van der Waals surface area contributed by atoms with Crippen molar-refractivity contribution in [2.45, 2.75) is 32.2 Å². The third kappa shape index (κ3) is 2.08. The number of aromatic nitrogens is 1. The number of amides is 1. The lowest BCUT2D eigenvalue weighted by atomic mass is 10.0. The fourth-order valence-corrected chi connectivity index (χ4v) is 3.71. The molecule has 0 radical (unpaired) electrons. The molecule has 1 aliphatic rings. The molecule has 3 heterocycles. The van der Waals surface area contributed by atoms with E-state index in [9.17, 15) is 4.79 Å². The van der Waals surface area contributed by atoms with Crippen LogP contribution in [0.25, 0.3) is 10.1 Å². The van der Waals surface area contributed by atoms with Crippen molar-refractivity contribution >= 4 is 33.0 Å². The van der Waals surface area contributed by atoms with E-state index in [2.05, 4.69) is 11.9 Å². The molecule has 2 aromatic rings. The molecule has 5 heteroatoms. The quantitative estimate of drug-likeness (QED) is 0.870. The molecule has 1 atom stereocenters. The Bertz CT molecular complexity index is 622. The van der Waals surface area contributed by atoms with Crippen molar-refractivity contribution in [1.29, 1.82) is 0 Å². The fourth-order valence-electron chi connectivity index (χ4n) is 2.66. The highest BCUT2D eigenvalue weighted by Gasteiger charge is 2.27. The molecule has 1 fully saturated rings. The van der Waals surface area contributed by atoms with Gasteiger partial charge in [-0.05, 0) is 32.3 Å². The maximum absolute atomic E-state index is 12.6. The summed E-state index contributed by atoms with van der Waals surface area (Å²) in [5, 5.41) is 0.938. The number of anilines is 1. The van der Waals surface area contributed by atoms with Gasteiger partial charge < -0.3 is 10.6 Å². The molecule has 0 aliphatic carbocycles. The first-order chi connectivity index (χ1) is 9.18. The van der Waals surface area contributed by atoms with Gasteiger partial charge in [0.1, 0.15) is 4.88 Å². The van der Waals surface area contributed by atoms with Gasteiger partial charge in [-0.1, -0.05) is 0 Å². The third-order valence-electron chi connectivity index (χ3n) is 3.79. The van der Waals surface area contributed by atoms with E-state index in [1.807, 2.05) is 11.0 Å². The summed E-state index contributed by atoms with van der Waals surface area (Å²) in [5.74, 6) is 0.0749. The van der Waals surface area contributed by atoms with Crippen molar-refractivity contribution in [2.24, 2.45) is 0 Å². The Morgan fingerprint density at radius 3 is 3.11 bits per heavy atom. The second kappa shape index (κ2) is 4.81. The van der Waals surface area contributed by atoms with E-state index < -0.39 is 0 Å². The van der Waals surface area contributed by atoms with Crippen molar-refractivity contribution in [1.82, 2.24) is 9.88 Å².